The van der Waals surface area contributed by atoms with E-state index >= 15 is 0 Å². The first-order valence-electron chi connectivity index (χ1n) is 10.9. The van der Waals surface area contributed by atoms with Gasteiger partial charge in [0.2, 0.25) is 0 Å². The first kappa shape index (κ1) is 26.3. The molecule has 2 heterocycles. The molecule has 0 unspecified atom stereocenters. The van der Waals surface area contributed by atoms with Gasteiger partial charge in [-0.1, -0.05) is 75.5 Å². The van der Waals surface area contributed by atoms with Crippen LogP contribution >= 0.6 is 0 Å². The summed E-state index contributed by atoms with van der Waals surface area (Å²) in [6, 6.07) is 20.0. The summed E-state index contributed by atoms with van der Waals surface area (Å²) in [5, 5.41) is 0. The van der Waals surface area contributed by atoms with Crippen molar-refractivity contribution in [1.82, 2.24) is 9.80 Å². The standard InChI is InChI=1S/2C13H14NO2.Zn/c2*1-2-11(12-6-4-3-5-7-12)10-14-8-9-16-13(14)15;/h2*3-7H,2,8-9H2,1H3;/q2*-1;+2. The zero-order valence-corrected chi connectivity index (χ0v) is 22.2. The fourth-order valence-electron chi connectivity index (χ4n) is 3.29. The Kier molecular flexibility index (Phi) is 10.8. The molecule has 2 aliphatic heterocycles. The summed E-state index contributed by atoms with van der Waals surface area (Å²) >= 11 is 0. The Labute approximate surface area is 208 Å². The molecule has 2 amide bonds. The molecule has 2 fully saturated rings. The Balaban J connectivity index is 0.000000227. The van der Waals surface area contributed by atoms with E-state index in [1.54, 1.807) is 0 Å². The average molecular weight is 498 g/mol. The molecular formula is C26H28N2O4Zn. The predicted molar refractivity (Wildman–Crippen MR) is 123 cm³/mol. The number of allylic oxidation sites excluding steroid dienone is 2. The molecule has 2 saturated heterocycles. The van der Waals surface area contributed by atoms with Gasteiger partial charge in [0.25, 0.3) is 0 Å². The van der Waals surface area contributed by atoms with E-state index in [1.807, 2.05) is 60.7 Å². The number of rotatable bonds is 6. The topological polar surface area (TPSA) is 59.1 Å². The zero-order chi connectivity index (χ0) is 22.8. The van der Waals surface area contributed by atoms with Gasteiger partial charge in [0, 0.05) is 13.1 Å². The summed E-state index contributed by atoms with van der Waals surface area (Å²) in [6.45, 7) is 6.20. The summed E-state index contributed by atoms with van der Waals surface area (Å²) in [5.41, 5.74) is 4.26. The number of cyclic esters (lactones) is 2. The Hall–Kier alpha value is -2.92. The summed E-state index contributed by atoms with van der Waals surface area (Å²) in [5.74, 6) is 0. The maximum absolute atomic E-state index is 11.3. The van der Waals surface area contributed by atoms with Crippen molar-refractivity contribution in [3.8, 4) is 0 Å². The van der Waals surface area contributed by atoms with Crippen molar-refractivity contribution in [3.05, 3.63) is 84.2 Å². The van der Waals surface area contributed by atoms with Crippen molar-refractivity contribution in [2.45, 2.75) is 26.7 Å². The fourth-order valence-corrected chi connectivity index (χ4v) is 3.29. The minimum atomic E-state index is -0.304. The van der Waals surface area contributed by atoms with Crippen molar-refractivity contribution in [2.24, 2.45) is 0 Å². The van der Waals surface area contributed by atoms with E-state index in [4.69, 9.17) is 9.47 Å². The second-order valence-electron chi connectivity index (χ2n) is 7.15. The molecule has 168 valence electrons. The molecule has 2 aromatic carbocycles. The number of carbonyl (C=O) groups excluding carboxylic acids is 2. The van der Waals surface area contributed by atoms with E-state index < -0.39 is 0 Å². The van der Waals surface area contributed by atoms with Crippen LogP contribution in [0.15, 0.2) is 60.7 Å². The molecule has 2 aliphatic rings. The van der Waals surface area contributed by atoms with Crippen LogP contribution in [0.2, 0.25) is 0 Å². The van der Waals surface area contributed by atoms with Crippen LogP contribution in [-0.4, -0.2) is 48.3 Å². The van der Waals surface area contributed by atoms with Crippen molar-refractivity contribution in [2.75, 3.05) is 26.3 Å². The number of ether oxygens (including phenoxy) is 2. The van der Waals surface area contributed by atoms with Crippen LogP contribution in [0.25, 0.3) is 11.1 Å². The SMILES string of the molecule is CCC(=[C-]N1CCOC1=O)c1ccccc1.CCC(=[C-]N1CCOC1=O)c1ccccc1.[Zn+2]. The first-order chi connectivity index (χ1) is 15.6. The molecule has 6 nitrogen and oxygen atoms in total. The van der Waals surface area contributed by atoms with E-state index in [-0.39, 0.29) is 31.7 Å². The minimum absolute atomic E-state index is 0. The summed E-state index contributed by atoms with van der Waals surface area (Å²) in [4.78, 5) is 25.6. The molecule has 2 aromatic rings. The molecule has 0 radical (unpaired) electrons. The largest absolute Gasteiger partial charge is 2.00 e. The Bertz CT molecular complexity index is 881. The molecule has 0 atom stereocenters. The number of amides is 2. The monoisotopic (exact) mass is 496 g/mol. The van der Waals surface area contributed by atoms with Crippen molar-refractivity contribution in [1.29, 1.82) is 0 Å². The quantitative estimate of drug-likeness (QED) is 0.397. The van der Waals surface area contributed by atoms with Crippen molar-refractivity contribution < 1.29 is 38.5 Å². The van der Waals surface area contributed by atoms with Gasteiger partial charge in [-0.15, -0.1) is 46.5 Å². The van der Waals surface area contributed by atoms with Gasteiger partial charge in [0.05, 0.1) is 13.2 Å². The third kappa shape index (κ3) is 7.57. The van der Waals surface area contributed by atoms with Crippen LogP contribution in [0, 0.1) is 12.4 Å². The van der Waals surface area contributed by atoms with Crippen LogP contribution in [0.1, 0.15) is 37.8 Å². The molecule has 0 saturated carbocycles. The van der Waals surface area contributed by atoms with Gasteiger partial charge in [-0.3, -0.25) is 0 Å². The van der Waals surface area contributed by atoms with Gasteiger partial charge in [-0.2, -0.15) is 0 Å². The van der Waals surface area contributed by atoms with Gasteiger partial charge < -0.3 is 28.9 Å². The van der Waals surface area contributed by atoms with E-state index in [9.17, 15) is 9.59 Å². The second kappa shape index (κ2) is 13.6. The molecule has 4 rings (SSSR count). The molecule has 0 bridgehead atoms. The van der Waals surface area contributed by atoms with E-state index in [0.717, 1.165) is 35.1 Å². The molecule has 33 heavy (non-hydrogen) atoms. The van der Waals surface area contributed by atoms with E-state index in [0.29, 0.717) is 26.3 Å². The fraction of sp³-hybridized carbons (Fsp3) is 0.308. The van der Waals surface area contributed by atoms with Gasteiger partial charge in [0.1, 0.15) is 0 Å². The van der Waals surface area contributed by atoms with Crippen LogP contribution in [0.3, 0.4) is 0 Å². The summed E-state index contributed by atoms with van der Waals surface area (Å²) in [6.07, 6.45) is 7.29. The van der Waals surface area contributed by atoms with Gasteiger partial charge in [-0.25, -0.2) is 0 Å². The van der Waals surface area contributed by atoms with Gasteiger partial charge in [0.15, 0.2) is 0 Å². The average Bonchev–Trinajstić information content (AvgIpc) is 3.44. The molecule has 0 N–H and O–H groups in total. The minimum Gasteiger partial charge on any atom is -0.504 e. The molecular weight excluding hydrogens is 470 g/mol. The number of benzene rings is 2. The van der Waals surface area contributed by atoms with Crippen molar-refractivity contribution >= 4 is 23.3 Å². The van der Waals surface area contributed by atoms with Crippen LogP contribution in [-0.2, 0) is 29.0 Å². The van der Waals surface area contributed by atoms with E-state index in [2.05, 4.69) is 26.2 Å². The number of carbonyl (C=O) groups is 2. The van der Waals surface area contributed by atoms with Crippen LogP contribution < -0.4 is 0 Å². The summed E-state index contributed by atoms with van der Waals surface area (Å²) < 4.78 is 9.72. The van der Waals surface area contributed by atoms with Crippen molar-refractivity contribution in [3.63, 3.8) is 0 Å². The molecule has 7 heteroatoms. The Morgan fingerprint density at radius 3 is 1.36 bits per heavy atom. The Morgan fingerprint density at radius 1 is 0.727 bits per heavy atom. The molecule has 0 spiro atoms. The number of nitrogens with zero attached hydrogens (tertiary/aromatic N) is 2. The van der Waals surface area contributed by atoms with Gasteiger partial charge >= 0.3 is 31.7 Å². The summed E-state index contributed by atoms with van der Waals surface area (Å²) in [7, 11) is 0. The third-order valence-electron chi connectivity index (χ3n) is 5.01. The number of hydrogen-bond donors (Lipinski definition) is 0. The second-order valence-corrected chi connectivity index (χ2v) is 7.15. The predicted octanol–water partition coefficient (Wildman–Crippen LogP) is 5.38. The van der Waals surface area contributed by atoms with Crippen LogP contribution in [0.4, 0.5) is 9.59 Å². The maximum Gasteiger partial charge on any atom is 2.00 e. The smallest absolute Gasteiger partial charge is 0.504 e. The zero-order valence-electron chi connectivity index (χ0n) is 19.3. The molecule has 0 aliphatic carbocycles. The third-order valence-corrected chi connectivity index (χ3v) is 5.01. The van der Waals surface area contributed by atoms with E-state index in [1.165, 1.54) is 9.80 Å². The number of hydrogen-bond acceptors (Lipinski definition) is 4. The van der Waals surface area contributed by atoms with Crippen LogP contribution in [0.5, 0.6) is 0 Å². The van der Waals surface area contributed by atoms with Gasteiger partial charge in [-0.05, 0) is 0 Å². The normalized spacial score (nSPS) is 15.9. The first-order valence-corrected chi connectivity index (χ1v) is 10.9. The maximum atomic E-state index is 11.3. The molecule has 0 aromatic heterocycles. The Morgan fingerprint density at radius 2 is 1.09 bits per heavy atom.